The Bertz CT molecular complexity index is 829. The molecule has 0 amide bonds. The van der Waals surface area contributed by atoms with Crippen LogP contribution in [-0.2, 0) is 22.8 Å². The number of sulfone groups is 1. The standard InChI is InChI=1S/C18H24N4O3S/c23-26(24)11-6-16(14-26)22-9-7-21(8-10-22)13-18-19-17(20-25-18)12-15-4-2-1-3-5-15/h1-5,16H,6-14H2/t16-/m1/s1. The number of aromatic nitrogens is 2. The number of nitrogens with zero attached hydrogens (tertiary/aromatic N) is 4. The fraction of sp³-hybridized carbons (Fsp3) is 0.556. The molecule has 0 saturated carbocycles. The molecule has 0 unspecified atom stereocenters. The Labute approximate surface area is 153 Å². The average Bonchev–Trinajstić information content (AvgIpc) is 3.22. The molecule has 26 heavy (non-hydrogen) atoms. The molecule has 2 aliphatic rings. The van der Waals surface area contributed by atoms with Gasteiger partial charge in [0.1, 0.15) is 0 Å². The third-order valence-electron chi connectivity index (χ3n) is 5.21. The molecular formula is C18H24N4O3S. The monoisotopic (exact) mass is 376 g/mol. The maximum absolute atomic E-state index is 11.7. The molecule has 2 aromatic rings. The second-order valence-corrected chi connectivity index (χ2v) is 9.36. The molecular weight excluding hydrogens is 352 g/mol. The summed E-state index contributed by atoms with van der Waals surface area (Å²) < 4.78 is 28.7. The van der Waals surface area contributed by atoms with Crippen LogP contribution in [-0.4, -0.2) is 72.1 Å². The van der Waals surface area contributed by atoms with Crippen LogP contribution >= 0.6 is 0 Å². The Balaban J connectivity index is 1.27. The molecule has 140 valence electrons. The second kappa shape index (κ2) is 7.46. The van der Waals surface area contributed by atoms with E-state index in [1.165, 1.54) is 5.56 Å². The fourth-order valence-corrected chi connectivity index (χ4v) is 5.51. The van der Waals surface area contributed by atoms with Crippen LogP contribution in [0.3, 0.4) is 0 Å². The van der Waals surface area contributed by atoms with E-state index in [4.69, 9.17) is 4.52 Å². The van der Waals surface area contributed by atoms with Crippen LogP contribution in [0.15, 0.2) is 34.9 Å². The molecule has 3 heterocycles. The second-order valence-electron chi connectivity index (χ2n) is 7.14. The summed E-state index contributed by atoms with van der Waals surface area (Å²) in [6, 6.07) is 10.3. The van der Waals surface area contributed by atoms with Gasteiger partial charge in [-0.15, -0.1) is 0 Å². The third kappa shape index (κ3) is 4.31. The first kappa shape index (κ1) is 17.6. The van der Waals surface area contributed by atoms with Crippen molar-refractivity contribution in [1.82, 2.24) is 19.9 Å². The molecule has 7 nitrogen and oxygen atoms in total. The number of benzene rings is 1. The summed E-state index contributed by atoms with van der Waals surface area (Å²) in [6.07, 6.45) is 1.45. The van der Waals surface area contributed by atoms with Gasteiger partial charge < -0.3 is 4.52 Å². The van der Waals surface area contributed by atoms with E-state index in [9.17, 15) is 8.42 Å². The van der Waals surface area contributed by atoms with Gasteiger partial charge in [-0.3, -0.25) is 9.80 Å². The van der Waals surface area contributed by atoms with E-state index in [1.54, 1.807) is 0 Å². The van der Waals surface area contributed by atoms with Gasteiger partial charge in [-0.05, 0) is 12.0 Å². The Morgan fingerprint density at radius 1 is 1.12 bits per heavy atom. The van der Waals surface area contributed by atoms with Gasteiger partial charge in [-0.25, -0.2) is 8.42 Å². The number of hydrogen-bond acceptors (Lipinski definition) is 7. The van der Waals surface area contributed by atoms with Crippen molar-refractivity contribution >= 4 is 9.84 Å². The Morgan fingerprint density at radius 2 is 1.88 bits per heavy atom. The molecule has 0 N–H and O–H groups in total. The number of piperazine rings is 1. The topological polar surface area (TPSA) is 79.5 Å². The summed E-state index contributed by atoms with van der Waals surface area (Å²) in [6.45, 7) is 4.23. The molecule has 1 atom stereocenters. The minimum Gasteiger partial charge on any atom is -0.338 e. The van der Waals surface area contributed by atoms with Crippen molar-refractivity contribution in [3.63, 3.8) is 0 Å². The van der Waals surface area contributed by atoms with E-state index < -0.39 is 9.84 Å². The van der Waals surface area contributed by atoms with Crippen molar-refractivity contribution in [1.29, 1.82) is 0 Å². The lowest BCUT2D eigenvalue weighted by Crippen LogP contribution is -2.50. The zero-order valence-corrected chi connectivity index (χ0v) is 15.6. The predicted octanol–water partition coefficient (Wildman–Crippen LogP) is 0.965. The van der Waals surface area contributed by atoms with Gasteiger partial charge in [0.05, 0.1) is 18.1 Å². The highest BCUT2D eigenvalue weighted by molar-refractivity contribution is 7.91. The van der Waals surface area contributed by atoms with E-state index in [1.807, 2.05) is 18.2 Å². The van der Waals surface area contributed by atoms with Crippen LogP contribution < -0.4 is 0 Å². The predicted molar refractivity (Wildman–Crippen MR) is 97.5 cm³/mol. The van der Waals surface area contributed by atoms with Crippen molar-refractivity contribution in [3.8, 4) is 0 Å². The molecule has 0 bridgehead atoms. The molecule has 1 aromatic carbocycles. The molecule has 0 spiro atoms. The summed E-state index contributed by atoms with van der Waals surface area (Å²) in [4.78, 5) is 9.11. The van der Waals surface area contributed by atoms with Gasteiger partial charge in [-0.2, -0.15) is 4.98 Å². The summed E-state index contributed by atoms with van der Waals surface area (Å²) >= 11 is 0. The molecule has 0 aliphatic carbocycles. The molecule has 4 rings (SSSR count). The van der Waals surface area contributed by atoms with Crippen molar-refractivity contribution < 1.29 is 12.9 Å². The highest BCUT2D eigenvalue weighted by atomic mass is 32.2. The lowest BCUT2D eigenvalue weighted by Gasteiger charge is -2.37. The highest BCUT2D eigenvalue weighted by Gasteiger charge is 2.33. The first-order valence-electron chi connectivity index (χ1n) is 9.10. The Hall–Kier alpha value is -1.77. The maximum Gasteiger partial charge on any atom is 0.240 e. The third-order valence-corrected chi connectivity index (χ3v) is 6.96. The molecule has 1 aromatic heterocycles. The van der Waals surface area contributed by atoms with Crippen LogP contribution in [0.25, 0.3) is 0 Å². The van der Waals surface area contributed by atoms with Gasteiger partial charge in [0.25, 0.3) is 0 Å². The molecule has 2 saturated heterocycles. The Morgan fingerprint density at radius 3 is 2.58 bits per heavy atom. The lowest BCUT2D eigenvalue weighted by atomic mass is 10.1. The van der Waals surface area contributed by atoms with Crippen LogP contribution in [0.5, 0.6) is 0 Å². The lowest BCUT2D eigenvalue weighted by molar-refractivity contribution is 0.0926. The molecule has 2 fully saturated rings. The van der Waals surface area contributed by atoms with Gasteiger partial charge in [0.2, 0.25) is 5.89 Å². The maximum atomic E-state index is 11.7. The first-order valence-corrected chi connectivity index (χ1v) is 10.9. The first-order chi connectivity index (χ1) is 12.6. The van der Waals surface area contributed by atoms with Crippen LogP contribution in [0.1, 0.15) is 23.7 Å². The summed E-state index contributed by atoms with van der Waals surface area (Å²) in [5, 5.41) is 4.08. The van der Waals surface area contributed by atoms with E-state index in [0.717, 1.165) is 32.6 Å². The average molecular weight is 376 g/mol. The zero-order chi connectivity index (χ0) is 18.0. The summed E-state index contributed by atoms with van der Waals surface area (Å²) in [7, 11) is -2.82. The van der Waals surface area contributed by atoms with Crippen LogP contribution in [0.4, 0.5) is 0 Å². The van der Waals surface area contributed by atoms with E-state index >= 15 is 0 Å². The quantitative estimate of drug-likeness (QED) is 0.769. The van der Waals surface area contributed by atoms with E-state index in [0.29, 0.717) is 36.2 Å². The molecule has 0 radical (unpaired) electrons. The molecule has 8 heteroatoms. The van der Waals surface area contributed by atoms with E-state index in [2.05, 4.69) is 32.1 Å². The highest BCUT2D eigenvalue weighted by Crippen LogP contribution is 2.19. The smallest absolute Gasteiger partial charge is 0.240 e. The minimum absolute atomic E-state index is 0.197. The SMILES string of the molecule is O=S1(=O)CC[C@@H](N2CCN(Cc3nc(Cc4ccccc4)no3)CC2)C1. The summed E-state index contributed by atoms with van der Waals surface area (Å²) in [5.41, 5.74) is 1.17. The van der Waals surface area contributed by atoms with Crippen molar-refractivity contribution in [3.05, 3.63) is 47.6 Å². The Kier molecular flexibility index (Phi) is 5.06. The minimum atomic E-state index is -2.82. The van der Waals surface area contributed by atoms with Gasteiger partial charge in [-0.1, -0.05) is 35.5 Å². The van der Waals surface area contributed by atoms with Crippen LogP contribution in [0.2, 0.25) is 0 Å². The fourth-order valence-electron chi connectivity index (χ4n) is 3.75. The zero-order valence-electron chi connectivity index (χ0n) is 14.7. The number of rotatable bonds is 5. The van der Waals surface area contributed by atoms with Crippen molar-refractivity contribution in [2.45, 2.75) is 25.4 Å². The van der Waals surface area contributed by atoms with Crippen LogP contribution in [0, 0.1) is 0 Å². The van der Waals surface area contributed by atoms with Gasteiger partial charge >= 0.3 is 0 Å². The molecule has 2 aliphatic heterocycles. The van der Waals surface area contributed by atoms with Gasteiger partial charge in [0.15, 0.2) is 15.7 Å². The van der Waals surface area contributed by atoms with Gasteiger partial charge in [0, 0.05) is 38.6 Å². The van der Waals surface area contributed by atoms with Crippen molar-refractivity contribution in [2.24, 2.45) is 0 Å². The van der Waals surface area contributed by atoms with Crippen molar-refractivity contribution in [2.75, 3.05) is 37.7 Å². The largest absolute Gasteiger partial charge is 0.338 e. The summed E-state index contributed by atoms with van der Waals surface area (Å²) in [5.74, 6) is 2.01. The van der Waals surface area contributed by atoms with E-state index in [-0.39, 0.29) is 6.04 Å². The number of hydrogen-bond donors (Lipinski definition) is 0. The normalized spacial score (nSPS) is 24.1.